The zero-order chi connectivity index (χ0) is 21.4. The summed E-state index contributed by atoms with van der Waals surface area (Å²) in [6.45, 7) is 7.05. The fourth-order valence-corrected chi connectivity index (χ4v) is 4.42. The molecular formula is C24H29N5O2. The number of aromatic amines is 1. The number of nitrogens with one attached hydrogen (secondary N) is 2. The van der Waals surface area contributed by atoms with E-state index in [1.54, 1.807) is 6.20 Å². The topological polar surface area (TPSA) is 84.8 Å². The van der Waals surface area contributed by atoms with Crippen LogP contribution in [0, 0.1) is 19.8 Å². The SMILES string of the molecule is Cc1ccc(-c2[nH]ncc2C(=O)NCCc2nn(CC3CC3)c3c2COCC3)c(C)c1. The molecule has 162 valence electrons. The molecule has 3 heterocycles. The number of H-pyrrole nitrogens is 1. The molecule has 3 aromatic rings. The zero-order valence-electron chi connectivity index (χ0n) is 18.2. The predicted octanol–water partition coefficient (Wildman–Crippen LogP) is 3.35. The van der Waals surface area contributed by atoms with Crippen molar-refractivity contribution in [2.75, 3.05) is 13.2 Å². The van der Waals surface area contributed by atoms with Crippen LogP contribution in [0.15, 0.2) is 24.4 Å². The van der Waals surface area contributed by atoms with Gasteiger partial charge in [0.15, 0.2) is 0 Å². The van der Waals surface area contributed by atoms with Crippen molar-refractivity contribution in [3.05, 3.63) is 58.0 Å². The second-order valence-electron chi connectivity index (χ2n) is 8.78. The van der Waals surface area contributed by atoms with Crippen LogP contribution in [0.1, 0.15) is 51.3 Å². The van der Waals surface area contributed by atoms with E-state index in [1.165, 1.54) is 29.7 Å². The lowest BCUT2D eigenvalue weighted by Gasteiger charge is -2.15. The maximum atomic E-state index is 12.9. The summed E-state index contributed by atoms with van der Waals surface area (Å²) in [5.41, 5.74) is 8.24. The molecule has 1 aliphatic heterocycles. The van der Waals surface area contributed by atoms with Crippen LogP contribution in [-0.2, 0) is 30.7 Å². The zero-order valence-corrected chi connectivity index (χ0v) is 18.2. The minimum Gasteiger partial charge on any atom is -0.376 e. The quantitative estimate of drug-likeness (QED) is 0.615. The van der Waals surface area contributed by atoms with Crippen molar-refractivity contribution in [2.24, 2.45) is 5.92 Å². The highest BCUT2D eigenvalue weighted by Crippen LogP contribution is 2.32. The van der Waals surface area contributed by atoms with Gasteiger partial charge in [-0.3, -0.25) is 14.6 Å². The summed E-state index contributed by atoms with van der Waals surface area (Å²) >= 11 is 0. The van der Waals surface area contributed by atoms with E-state index in [2.05, 4.69) is 33.2 Å². The molecule has 7 heteroatoms. The summed E-state index contributed by atoms with van der Waals surface area (Å²) in [6.07, 6.45) is 5.85. The monoisotopic (exact) mass is 419 g/mol. The van der Waals surface area contributed by atoms with Crippen molar-refractivity contribution < 1.29 is 9.53 Å². The Morgan fingerprint density at radius 1 is 1.32 bits per heavy atom. The molecule has 0 atom stereocenters. The number of rotatable bonds is 7. The lowest BCUT2D eigenvalue weighted by molar-refractivity contribution is 0.0954. The largest absolute Gasteiger partial charge is 0.376 e. The first-order chi connectivity index (χ1) is 15.1. The minimum absolute atomic E-state index is 0.119. The van der Waals surface area contributed by atoms with Crippen LogP contribution in [-0.4, -0.2) is 39.0 Å². The van der Waals surface area contributed by atoms with E-state index in [0.29, 0.717) is 25.1 Å². The van der Waals surface area contributed by atoms with E-state index in [9.17, 15) is 4.79 Å². The van der Waals surface area contributed by atoms with Crippen LogP contribution in [0.4, 0.5) is 0 Å². The van der Waals surface area contributed by atoms with Crippen molar-refractivity contribution in [3.63, 3.8) is 0 Å². The number of carbonyl (C=O) groups excluding carboxylic acids is 1. The molecule has 1 amide bonds. The Bertz CT molecular complexity index is 1110. The molecule has 0 spiro atoms. The summed E-state index contributed by atoms with van der Waals surface area (Å²) in [6, 6.07) is 6.20. The van der Waals surface area contributed by atoms with Gasteiger partial charge in [-0.25, -0.2) is 0 Å². The number of hydrogen-bond donors (Lipinski definition) is 2. The first kappa shape index (κ1) is 20.0. The van der Waals surface area contributed by atoms with Crippen molar-refractivity contribution >= 4 is 5.91 Å². The van der Waals surface area contributed by atoms with Crippen molar-refractivity contribution in [1.82, 2.24) is 25.3 Å². The molecule has 0 bridgehead atoms. The first-order valence-corrected chi connectivity index (χ1v) is 11.1. The summed E-state index contributed by atoms with van der Waals surface area (Å²) in [4.78, 5) is 12.9. The highest BCUT2D eigenvalue weighted by atomic mass is 16.5. The van der Waals surface area contributed by atoms with E-state index >= 15 is 0 Å². The number of fused-ring (bicyclic) bond motifs is 1. The Labute approximate surface area is 182 Å². The highest BCUT2D eigenvalue weighted by Gasteiger charge is 2.27. The standard InChI is InChI=1S/C24H29N5O2/c1-15-3-6-18(16(2)11-15)23-19(12-26-27-23)24(30)25-9-7-21-20-14-31-10-8-22(20)29(28-21)13-17-4-5-17/h3,6,11-12,17H,4-5,7-10,13-14H2,1-2H3,(H,25,30)(H,26,27). The molecule has 5 rings (SSSR count). The van der Waals surface area contributed by atoms with Crippen LogP contribution in [0.3, 0.4) is 0 Å². The number of amides is 1. The number of aryl methyl sites for hydroxylation is 2. The van der Waals surface area contributed by atoms with Gasteiger partial charge in [-0.05, 0) is 38.2 Å². The first-order valence-electron chi connectivity index (χ1n) is 11.1. The van der Waals surface area contributed by atoms with Crippen LogP contribution in [0.5, 0.6) is 0 Å². The number of carbonyl (C=O) groups is 1. The Kier molecular flexibility index (Phi) is 5.36. The summed E-state index contributed by atoms with van der Waals surface area (Å²) in [5.74, 6) is 0.662. The Balaban J connectivity index is 1.27. The van der Waals surface area contributed by atoms with Crippen LogP contribution < -0.4 is 5.32 Å². The molecule has 0 unspecified atom stereocenters. The van der Waals surface area contributed by atoms with E-state index < -0.39 is 0 Å². The number of benzene rings is 1. The molecule has 1 aromatic carbocycles. The number of ether oxygens (including phenoxy) is 1. The molecule has 31 heavy (non-hydrogen) atoms. The Hall–Kier alpha value is -2.93. The average Bonchev–Trinajstić information content (AvgIpc) is 3.32. The van der Waals surface area contributed by atoms with Crippen LogP contribution in [0.25, 0.3) is 11.3 Å². The third-order valence-electron chi connectivity index (χ3n) is 6.29. The second-order valence-corrected chi connectivity index (χ2v) is 8.78. The molecule has 2 N–H and O–H groups in total. The number of hydrogen-bond acceptors (Lipinski definition) is 4. The molecule has 1 aliphatic carbocycles. The minimum atomic E-state index is -0.119. The maximum absolute atomic E-state index is 12.9. The molecule has 7 nitrogen and oxygen atoms in total. The summed E-state index contributed by atoms with van der Waals surface area (Å²) in [7, 11) is 0. The van der Waals surface area contributed by atoms with E-state index in [0.717, 1.165) is 48.0 Å². The summed E-state index contributed by atoms with van der Waals surface area (Å²) < 4.78 is 7.88. The van der Waals surface area contributed by atoms with E-state index in [4.69, 9.17) is 9.84 Å². The van der Waals surface area contributed by atoms with Gasteiger partial charge in [0, 0.05) is 42.8 Å². The van der Waals surface area contributed by atoms with Gasteiger partial charge in [-0.2, -0.15) is 10.2 Å². The lowest BCUT2D eigenvalue weighted by Crippen LogP contribution is -2.26. The fraction of sp³-hybridized carbons (Fsp3) is 0.458. The number of aromatic nitrogens is 4. The predicted molar refractivity (Wildman–Crippen MR) is 118 cm³/mol. The normalized spacial score (nSPS) is 15.7. The third kappa shape index (κ3) is 4.14. The van der Waals surface area contributed by atoms with Gasteiger partial charge in [-0.1, -0.05) is 23.8 Å². The van der Waals surface area contributed by atoms with Crippen molar-refractivity contribution in [3.8, 4) is 11.3 Å². The second kappa shape index (κ2) is 8.30. The van der Waals surface area contributed by atoms with Gasteiger partial charge in [0.25, 0.3) is 5.91 Å². The lowest BCUT2D eigenvalue weighted by atomic mass is 10.0. The highest BCUT2D eigenvalue weighted by molar-refractivity contribution is 6.00. The van der Waals surface area contributed by atoms with E-state index in [-0.39, 0.29) is 5.91 Å². The molecule has 1 fully saturated rings. The molecule has 0 radical (unpaired) electrons. The van der Waals surface area contributed by atoms with Gasteiger partial charge in [0.05, 0.1) is 36.4 Å². The van der Waals surface area contributed by atoms with Crippen LogP contribution >= 0.6 is 0 Å². The van der Waals surface area contributed by atoms with Gasteiger partial charge in [0.1, 0.15) is 0 Å². The third-order valence-corrected chi connectivity index (χ3v) is 6.29. The van der Waals surface area contributed by atoms with Crippen molar-refractivity contribution in [1.29, 1.82) is 0 Å². The van der Waals surface area contributed by atoms with Gasteiger partial charge in [-0.15, -0.1) is 0 Å². The van der Waals surface area contributed by atoms with Gasteiger partial charge in [0.2, 0.25) is 0 Å². The Morgan fingerprint density at radius 2 is 2.19 bits per heavy atom. The van der Waals surface area contributed by atoms with Crippen molar-refractivity contribution in [2.45, 2.75) is 52.7 Å². The van der Waals surface area contributed by atoms with Gasteiger partial charge >= 0.3 is 0 Å². The molecule has 2 aromatic heterocycles. The van der Waals surface area contributed by atoms with E-state index in [1.807, 2.05) is 19.1 Å². The van der Waals surface area contributed by atoms with Crippen LogP contribution in [0.2, 0.25) is 0 Å². The summed E-state index contributed by atoms with van der Waals surface area (Å²) in [5, 5.41) is 15.1. The van der Waals surface area contributed by atoms with Gasteiger partial charge < -0.3 is 10.1 Å². The average molecular weight is 420 g/mol. The number of nitrogens with zero attached hydrogens (tertiary/aromatic N) is 3. The fourth-order valence-electron chi connectivity index (χ4n) is 4.42. The smallest absolute Gasteiger partial charge is 0.255 e. The molecule has 0 saturated heterocycles. The molecule has 2 aliphatic rings. The Morgan fingerprint density at radius 3 is 3.00 bits per heavy atom. The maximum Gasteiger partial charge on any atom is 0.255 e. The molecule has 1 saturated carbocycles. The molecular weight excluding hydrogens is 390 g/mol.